The highest BCUT2D eigenvalue weighted by Gasteiger charge is 2.21. The van der Waals surface area contributed by atoms with E-state index in [1.807, 2.05) is 6.07 Å². The van der Waals surface area contributed by atoms with Gasteiger partial charge in [0, 0.05) is 5.69 Å². The normalized spacial score (nSPS) is 10.8. The second kappa shape index (κ2) is 5.40. The van der Waals surface area contributed by atoms with Gasteiger partial charge in [-0.3, -0.25) is 4.72 Å². The first-order valence-electron chi connectivity index (χ1n) is 5.42. The number of nitrogens with zero attached hydrogens (tertiary/aromatic N) is 1. The molecule has 0 amide bonds. The van der Waals surface area contributed by atoms with E-state index in [-0.39, 0.29) is 21.2 Å². The molecule has 0 atom stereocenters. The van der Waals surface area contributed by atoms with E-state index in [1.54, 1.807) is 17.5 Å². The first-order valence-corrected chi connectivity index (χ1v) is 7.78. The van der Waals surface area contributed by atoms with Crippen LogP contribution in [-0.4, -0.2) is 15.5 Å². The maximum atomic E-state index is 12.4. The number of benzene rings is 1. The predicted octanol–water partition coefficient (Wildman–Crippen LogP) is 2.01. The number of sulfonamides is 1. The molecule has 3 N–H and O–H groups in total. The fourth-order valence-electron chi connectivity index (χ4n) is 1.56. The Morgan fingerprint density at radius 2 is 2.15 bits per heavy atom. The standard InChI is InChI=1S/C12H11N3O3S2/c1-18-10-3-2-9(14)6-11(10)20(16,17)15-12-8(7-13)4-5-19-12/h2-6,15H,14H2,1H3. The Balaban J connectivity index is 2.46. The molecular formula is C12H11N3O3S2. The summed E-state index contributed by atoms with van der Waals surface area (Å²) in [5, 5.41) is 10.8. The molecule has 104 valence electrons. The minimum atomic E-state index is -3.88. The molecule has 1 aromatic heterocycles. The number of hydrogen-bond acceptors (Lipinski definition) is 6. The highest BCUT2D eigenvalue weighted by molar-refractivity contribution is 7.93. The average Bonchev–Trinajstić information content (AvgIpc) is 2.85. The second-order valence-electron chi connectivity index (χ2n) is 3.79. The van der Waals surface area contributed by atoms with E-state index in [0.29, 0.717) is 5.69 Å². The summed E-state index contributed by atoms with van der Waals surface area (Å²) in [6.45, 7) is 0. The smallest absolute Gasteiger partial charge is 0.266 e. The molecule has 0 saturated heterocycles. The lowest BCUT2D eigenvalue weighted by molar-refractivity contribution is 0.403. The van der Waals surface area contributed by atoms with Crippen molar-refractivity contribution in [2.24, 2.45) is 0 Å². The number of thiophene rings is 1. The van der Waals surface area contributed by atoms with Crippen molar-refractivity contribution < 1.29 is 13.2 Å². The van der Waals surface area contributed by atoms with Crippen LogP contribution in [0.3, 0.4) is 0 Å². The Hall–Kier alpha value is -2.24. The quantitative estimate of drug-likeness (QED) is 0.840. The zero-order valence-corrected chi connectivity index (χ0v) is 12.1. The Morgan fingerprint density at radius 1 is 1.40 bits per heavy atom. The molecule has 1 aromatic carbocycles. The maximum Gasteiger partial charge on any atom is 0.266 e. The molecular weight excluding hydrogens is 298 g/mol. The number of nitrogens with two attached hydrogens (primary N) is 1. The number of hydrogen-bond donors (Lipinski definition) is 2. The summed E-state index contributed by atoms with van der Waals surface area (Å²) in [7, 11) is -2.51. The average molecular weight is 309 g/mol. The molecule has 20 heavy (non-hydrogen) atoms. The third-order valence-corrected chi connectivity index (χ3v) is 4.82. The van der Waals surface area contributed by atoms with Crippen LogP contribution in [-0.2, 0) is 10.0 Å². The molecule has 0 spiro atoms. The Morgan fingerprint density at radius 3 is 2.80 bits per heavy atom. The Bertz CT molecular complexity index is 775. The number of nitrogen functional groups attached to an aromatic ring is 1. The maximum absolute atomic E-state index is 12.4. The van der Waals surface area contributed by atoms with Gasteiger partial charge < -0.3 is 10.5 Å². The highest BCUT2D eigenvalue weighted by atomic mass is 32.2. The number of nitrogens with one attached hydrogen (secondary N) is 1. The van der Waals surface area contributed by atoms with Crippen LogP contribution in [0.15, 0.2) is 34.5 Å². The summed E-state index contributed by atoms with van der Waals surface area (Å²) in [4.78, 5) is -0.0720. The van der Waals surface area contributed by atoms with Crippen molar-refractivity contribution in [2.45, 2.75) is 4.90 Å². The van der Waals surface area contributed by atoms with Crippen LogP contribution >= 0.6 is 11.3 Å². The van der Waals surface area contributed by atoms with E-state index in [9.17, 15) is 8.42 Å². The number of anilines is 2. The molecule has 2 aromatic rings. The SMILES string of the molecule is COc1ccc(N)cc1S(=O)(=O)Nc1sccc1C#N. The molecule has 2 rings (SSSR count). The van der Waals surface area contributed by atoms with Crippen molar-refractivity contribution in [3.8, 4) is 11.8 Å². The number of ether oxygens (including phenoxy) is 1. The van der Waals surface area contributed by atoms with Crippen molar-refractivity contribution >= 4 is 32.0 Å². The summed E-state index contributed by atoms with van der Waals surface area (Å²) >= 11 is 1.13. The van der Waals surface area contributed by atoms with Gasteiger partial charge in [0.15, 0.2) is 0 Å². The topological polar surface area (TPSA) is 105 Å². The summed E-state index contributed by atoms with van der Waals surface area (Å²) in [5.41, 5.74) is 6.18. The molecule has 0 unspecified atom stereocenters. The van der Waals surface area contributed by atoms with Gasteiger partial charge in [0.2, 0.25) is 0 Å². The molecule has 1 heterocycles. The minimum absolute atomic E-state index is 0.0720. The van der Waals surface area contributed by atoms with Crippen molar-refractivity contribution in [3.63, 3.8) is 0 Å². The molecule has 0 radical (unpaired) electrons. The van der Waals surface area contributed by atoms with E-state index < -0.39 is 10.0 Å². The molecule has 0 aliphatic rings. The van der Waals surface area contributed by atoms with Gasteiger partial charge in [-0.1, -0.05) is 0 Å². The van der Waals surface area contributed by atoms with E-state index in [2.05, 4.69) is 4.72 Å². The molecule has 0 bridgehead atoms. The van der Waals surface area contributed by atoms with Gasteiger partial charge in [0.1, 0.15) is 21.7 Å². The second-order valence-corrected chi connectivity index (χ2v) is 6.36. The van der Waals surface area contributed by atoms with Gasteiger partial charge >= 0.3 is 0 Å². The van der Waals surface area contributed by atoms with Crippen LogP contribution in [0, 0.1) is 11.3 Å². The lowest BCUT2D eigenvalue weighted by Crippen LogP contribution is -2.14. The number of rotatable bonds is 4. The van der Waals surface area contributed by atoms with Crippen molar-refractivity contribution in [3.05, 3.63) is 35.2 Å². The van der Waals surface area contributed by atoms with Crippen LogP contribution in [0.1, 0.15) is 5.56 Å². The number of nitriles is 1. The molecule has 0 fully saturated rings. The monoisotopic (exact) mass is 309 g/mol. The summed E-state index contributed by atoms with van der Waals surface area (Å²) in [5.74, 6) is 0.182. The summed E-state index contributed by atoms with van der Waals surface area (Å²) < 4.78 is 32.1. The zero-order valence-electron chi connectivity index (χ0n) is 10.5. The van der Waals surface area contributed by atoms with Gasteiger partial charge in [-0.15, -0.1) is 11.3 Å². The van der Waals surface area contributed by atoms with E-state index in [4.69, 9.17) is 15.7 Å². The molecule has 8 heteroatoms. The summed E-state index contributed by atoms with van der Waals surface area (Å²) in [6, 6.07) is 7.79. The van der Waals surface area contributed by atoms with Gasteiger partial charge in [0.25, 0.3) is 10.0 Å². The van der Waals surface area contributed by atoms with E-state index in [0.717, 1.165) is 11.3 Å². The third-order valence-electron chi connectivity index (χ3n) is 2.49. The fourth-order valence-corrected chi connectivity index (χ4v) is 3.83. The minimum Gasteiger partial charge on any atom is -0.495 e. The zero-order chi connectivity index (χ0) is 14.8. The van der Waals surface area contributed by atoms with Crippen LogP contribution < -0.4 is 15.2 Å². The van der Waals surface area contributed by atoms with E-state index >= 15 is 0 Å². The van der Waals surface area contributed by atoms with Crippen molar-refractivity contribution in [2.75, 3.05) is 17.6 Å². The molecule has 0 aliphatic carbocycles. The first kappa shape index (κ1) is 14.2. The summed E-state index contributed by atoms with van der Waals surface area (Å²) in [6.07, 6.45) is 0. The lowest BCUT2D eigenvalue weighted by atomic mass is 10.3. The van der Waals surface area contributed by atoms with Crippen LogP contribution in [0.5, 0.6) is 5.75 Å². The molecule has 0 aliphatic heterocycles. The molecule has 0 saturated carbocycles. The van der Waals surface area contributed by atoms with E-state index in [1.165, 1.54) is 19.2 Å². The predicted molar refractivity (Wildman–Crippen MR) is 77.2 cm³/mol. The highest BCUT2D eigenvalue weighted by Crippen LogP contribution is 2.30. The Labute approximate surface area is 120 Å². The lowest BCUT2D eigenvalue weighted by Gasteiger charge is -2.11. The number of methoxy groups -OCH3 is 1. The van der Waals surface area contributed by atoms with Gasteiger partial charge in [0.05, 0.1) is 12.7 Å². The Kier molecular flexibility index (Phi) is 3.83. The van der Waals surface area contributed by atoms with Gasteiger partial charge in [-0.2, -0.15) is 5.26 Å². The van der Waals surface area contributed by atoms with Gasteiger partial charge in [-0.25, -0.2) is 8.42 Å². The first-order chi connectivity index (χ1) is 9.47. The third kappa shape index (κ3) is 2.68. The van der Waals surface area contributed by atoms with Crippen molar-refractivity contribution in [1.82, 2.24) is 0 Å². The fraction of sp³-hybridized carbons (Fsp3) is 0.0833. The van der Waals surface area contributed by atoms with Gasteiger partial charge in [-0.05, 0) is 29.6 Å². The van der Waals surface area contributed by atoms with Crippen molar-refractivity contribution in [1.29, 1.82) is 5.26 Å². The van der Waals surface area contributed by atoms with Crippen LogP contribution in [0.25, 0.3) is 0 Å². The molecule has 6 nitrogen and oxygen atoms in total. The largest absolute Gasteiger partial charge is 0.495 e. The van der Waals surface area contributed by atoms with Crippen LogP contribution in [0.4, 0.5) is 10.7 Å². The van der Waals surface area contributed by atoms with Crippen LogP contribution in [0.2, 0.25) is 0 Å².